The van der Waals surface area contributed by atoms with Crippen LogP contribution in [0.1, 0.15) is 42.5 Å². The van der Waals surface area contributed by atoms with E-state index in [1.807, 2.05) is 75.4 Å². The van der Waals surface area contributed by atoms with E-state index in [1.54, 1.807) is 23.1 Å². The van der Waals surface area contributed by atoms with Gasteiger partial charge >= 0.3 is 0 Å². The first-order valence-corrected chi connectivity index (χ1v) is 12.7. The molecule has 3 rings (SSSR count). The molecule has 2 unspecified atom stereocenters. The minimum atomic E-state index is -0.675. The van der Waals surface area contributed by atoms with Gasteiger partial charge in [0.05, 0.1) is 6.42 Å². The zero-order valence-electron chi connectivity index (χ0n) is 20.4. The van der Waals surface area contributed by atoms with Crippen LogP contribution in [0.25, 0.3) is 0 Å². The number of nitrogens with zero attached hydrogens (tertiary/aromatic N) is 1. The molecular weight excluding hydrogens is 479 g/mol. The molecule has 0 spiro atoms. The van der Waals surface area contributed by atoms with Crippen molar-refractivity contribution in [1.29, 1.82) is 0 Å². The number of carbonyl (C=O) groups excluding carboxylic acids is 2. The van der Waals surface area contributed by atoms with Crippen LogP contribution < -0.4 is 5.32 Å². The maximum atomic E-state index is 13.8. The fraction of sp³-hybridized carbons (Fsp3) is 0.310. The highest BCUT2D eigenvalue weighted by Gasteiger charge is 2.31. The van der Waals surface area contributed by atoms with Crippen molar-refractivity contribution >= 4 is 35.0 Å². The molecule has 6 heteroatoms. The minimum Gasteiger partial charge on any atom is -0.352 e. The quantitative estimate of drug-likeness (QED) is 0.343. The summed E-state index contributed by atoms with van der Waals surface area (Å²) in [6, 6.07) is 22.2. The van der Waals surface area contributed by atoms with Crippen molar-refractivity contribution in [3.8, 4) is 0 Å². The lowest BCUT2D eigenvalue weighted by Crippen LogP contribution is -2.52. The maximum Gasteiger partial charge on any atom is 0.243 e. The molecule has 0 aliphatic carbocycles. The monoisotopic (exact) mass is 510 g/mol. The zero-order valence-corrected chi connectivity index (χ0v) is 21.9. The Kier molecular flexibility index (Phi) is 9.76. The summed E-state index contributed by atoms with van der Waals surface area (Å²) in [5.41, 5.74) is 3.76. The normalized spacial score (nSPS) is 12.6. The molecule has 0 heterocycles. The lowest BCUT2D eigenvalue weighted by molar-refractivity contribution is -0.141. The van der Waals surface area contributed by atoms with Crippen LogP contribution >= 0.6 is 23.2 Å². The Morgan fingerprint density at radius 1 is 0.943 bits per heavy atom. The van der Waals surface area contributed by atoms with Gasteiger partial charge in [-0.15, -0.1) is 0 Å². The van der Waals surface area contributed by atoms with E-state index >= 15 is 0 Å². The molecule has 184 valence electrons. The van der Waals surface area contributed by atoms with Crippen LogP contribution in [-0.2, 0) is 29.0 Å². The first-order chi connectivity index (χ1) is 16.8. The van der Waals surface area contributed by atoms with Gasteiger partial charge in [0.1, 0.15) is 6.04 Å². The van der Waals surface area contributed by atoms with Crippen LogP contribution in [0.5, 0.6) is 0 Å². The molecule has 1 N–H and O–H groups in total. The fourth-order valence-corrected chi connectivity index (χ4v) is 4.29. The van der Waals surface area contributed by atoms with E-state index in [4.69, 9.17) is 23.2 Å². The van der Waals surface area contributed by atoms with Gasteiger partial charge in [0, 0.05) is 29.1 Å². The predicted molar refractivity (Wildman–Crippen MR) is 144 cm³/mol. The number of rotatable bonds is 10. The third kappa shape index (κ3) is 7.84. The predicted octanol–water partition coefficient (Wildman–Crippen LogP) is 6.40. The number of carbonyl (C=O) groups is 2. The molecule has 0 radical (unpaired) electrons. The molecule has 35 heavy (non-hydrogen) atoms. The number of benzene rings is 3. The third-order valence-corrected chi connectivity index (χ3v) is 6.69. The molecule has 0 aliphatic rings. The fourth-order valence-electron chi connectivity index (χ4n) is 3.81. The number of hydrogen-bond donors (Lipinski definition) is 1. The van der Waals surface area contributed by atoms with Crippen LogP contribution in [-0.4, -0.2) is 28.8 Å². The second kappa shape index (κ2) is 12.8. The van der Waals surface area contributed by atoms with Crippen LogP contribution in [0.3, 0.4) is 0 Å². The van der Waals surface area contributed by atoms with Crippen LogP contribution in [0.4, 0.5) is 0 Å². The highest BCUT2D eigenvalue weighted by molar-refractivity contribution is 6.35. The molecule has 0 bridgehead atoms. The van der Waals surface area contributed by atoms with Crippen LogP contribution in [0, 0.1) is 6.92 Å². The molecule has 0 aromatic heterocycles. The van der Waals surface area contributed by atoms with Gasteiger partial charge in [0.25, 0.3) is 0 Å². The SMILES string of the molecule is CCC(C)NC(=O)C(Cc1ccccc1)N(Cc1ccc(C)cc1)C(=O)Cc1ccc(Cl)cc1Cl. The Hall–Kier alpha value is -2.82. The van der Waals surface area contributed by atoms with E-state index in [0.717, 1.165) is 23.1 Å². The minimum absolute atomic E-state index is 0.00260. The summed E-state index contributed by atoms with van der Waals surface area (Å²) in [6.07, 6.45) is 1.29. The zero-order chi connectivity index (χ0) is 25.4. The van der Waals surface area contributed by atoms with Gasteiger partial charge in [-0.3, -0.25) is 9.59 Å². The van der Waals surface area contributed by atoms with E-state index < -0.39 is 6.04 Å². The van der Waals surface area contributed by atoms with Gasteiger partial charge in [0.2, 0.25) is 11.8 Å². The largest absolute Gasteiger partial charge is 0.352 e. The van der Waals surface area contributed by atoms with Gasteiger partial charge in [-0.05, 0) is 49.1 Å². The van der Waals surface area contributed by atoms with Gasteiger partial charge in [-0.1, -0.05) is 96.4 Å². The summed E-state index contributed by atoms with van der Waals surface area (Å²) in [5.74, 6) is -0.333. The average Bonchev–Trinajstić information content (AvgIpc) is 2.84. The number of amides is 2. The molecule has 3 aromatic rings. The van der Waals surface area contributed by atoms with E-state index in [1.165, 1.54) is 0 Å². The van der Waals surface area contributed by atoms with Crippen molar-refractivity contribution < 1.29 is 9.59 Å². The van der Waals surface area contributed by atoms with Gasteiger partial charge in [0.15, 0.2) is 0 Å². The first kappa shape index (κ1) is 26.8. The highest BCUT2D eigenvalue weighted by atomic mass is 35.5. The molecule has 0 saturated heterocycles. The summed E-state index contributed by atoms with van der Waals surface area (Å²) in [6.45, 7) is 6.33. The average molecular weight is 511 g/mol. The summed E-state index contributed by atoms with van der Waals surface area (Å²) in [4.78, 5) is 29.0. The lowest BCUT2D eigenvalue weighted by atomic mass is 10.0. The van der Waals surface area contributed by atoms with Gasteiger partial charge in [-0.25, -0.2) is 0 Å². The van der Waals surface area contributed by atoms with E-state index in [-0.39, 0.29) is 24.3 Å². The van der Waals surface area contributed by atoms with E-state index in [2.05, 4.69) is 5.32 Å². The van der Waals surface area contributed by atoms with Crippen LogP contribution in [0.2, 0.25) is 10.0 Å². The van der Waals surface area contributed by atoms with Crippen molar-refractivity contribution in [3.05, 3.63) is 105 Å². The molecule has 0 saturated carbocycles. The second-order valence-corrected chi connectivity index (χ2v) is 9.79. The summed E-state index contributed by atoms with van der Waals surface area (Å²) in [7, 11) is 0. The Morgan fingerprint density at radius 2 is 1.63 bits per heavy atom. The molecule has 2 atom stereocenters. The standard InChI is InChI=1S/C29H32Cl2N2O2/c1-4-21(3)32-29(35)27(16-22-8-6-5-7-9-22)33(19-23-12-10-20(2)11-13-23)28(34)17-24-14-15-25(30)18-26(24)31/h5-15,18,21,27H,4,16-17,19H2,1-3H3,(H,32,35). The molecule has 2 amide bonds. The van der Waals surface area contributed by atoms with Crippen molar-refractivity contribution in [2.45, 2.75) is 58.7 Å². The van der Waals surface area contributed by atoms with E-state index in [0.29, 0.717) is 28.6 Å². The molecular formula is C29H32Cl2N2O2. The van der Waals surface area contributed by atoms with Gasteiger partial charge < -0.3 is 10.2 Å². The first-order valence-electron chi connectivity index (χ1n) is 11.9. The Bertz CT molecular complexity index is 1130. The number of hydrogen-bond acceptors (Lipinski definition) is 2. The number of halogens is 2. The van der Waals surface area contributed by atoms with Crippen molar-refractivity contribution in [2.75, 3.05) is 0 Å². The number of nitrogens with one attached hydrogen (secondary N) is 1. The van der Waals surface area contributed by atoms with E-state index in [9.17, 15) is 9.59 Å². The van der Waals surface area contributed by atoms with Crippen molar-refractivity contribution in [2.24, 2.45) is 0 Å². The molecule has 4 nitrogen and oxygen atoms in total. The molecule has 0 fully saturated rings. The Labute approximate surface area is 218 Å². The maximum absolute atomic E-state index is 13.8. The number of aryl methyl sites for hydroxylation is 1. The highest BCUT2D eigenvalue weighted by Crippen LogP contribution is 2.23. The molecule has 0 aliphatic heterocycles. The summed E-state index contributed by atoms with van der Waals surface area (Å²) in [5, 5.41) is 4.03. The smallest absolute Gasteiger partial charge is 0.243 e. The topological polar surface area (TPSA) is 49.4 Å². The summed E-state index contributed by atoms with van der Waals surface area (Å²) < 4.78 is 0. The van der Waals surface area contributed by atoms with Gasteiger partial charge in [-0.2, -0.15) is 0 Å². The summed E-state index contributed by atoms with van der Waals surface area (Å²) >= 11 is 12.4. The van der Waals surface area contributed by atoms with Crippen LogP contribution in [0.15, 0.2) is 72.8 Å². The third-order valence-electron chi connectivity index (χ3n) is 6.10. The molecule has 3 aromatic carbocycles. The van der Waals surface area contributed by atoms with Crippen molar-refractivity contribution in [3.63, 3.8) is 0 Å². The van der Waals surface area contributed by atoms with Crippen molar-refractivity contribution in [1.82, 2.24) is 10.2 Å². The Balaban J connectivity index is 1.98. The second-order valence-electron chi connectivity index (χ2n) is 8.94. The Morgan fingerprint density at radius 3 is 2.26 bits per heavy atom. The lowest BCUT2D eigenvalue weighted by Gasteiger charge is -2.32.